The summed E-state index contributed by atoms with van der Waals surface area (Å²) in [6, 6.07) is 18.1. The molecule has 0 unspecified atom stereocenters. The molecule has 25 heavy (non-hydrogen) atoms. The molecule has 0 amide bonds. The van der Waals surface area contributed by atoms with Crippen molar-refractivity contribution in [2.45, 2.75) is 18.7 Å². The summed E-state index contributed by atoms with van der Waals surface area (Å²) in [6.07, 6.45) is 0. The molecular formula is C20H18FNO2S. The summed E-state index contributed by atoms with van der Waals surface area (Å²) in [5.41, 5.74) is 3.60. The lowest BCUT2D eigenvalue weighted by Gasteiger charge is -2.14. The second kappa shape index (κ2) is 6.69. The van der Waals surface area contributed by atoms with Crippen LogP contribution in [0.2, 0.25) is 0 Å². The fourth-order valence-electron chi connectivity index (χ4n) is 2.56. The van der Waals surface area contributed by atoms with Crippen LogP contribution in [0.4, 0.5) is 10.1 Å². The molecule has 0 atom stereocenters. The predicted octanol–water partition coefficient (Wildman–Crippen LogP) is 4.91. The van der Waals surface area contributed by atoms with Gasteiger partial charge < -0.3 is 0 Å². The van der Waals surface area contributed by atoms with Gasteiger partial charge in [0.25, 0.3) is 10.0 Å². The first-order chi connectivity index (χ1) is 11.8. The number of aryl methyl sites for hydroxylation is 2. The minimum Gasteiger partial charge on any atom is -0.279 e. The van der Waals surface area contributed by atoms with Crippen LogP contribution in [-0.4, -0.2) is 8.42 Å². The second-order valence-electron chi connectivity index (χ2n) is 5.98. The number of hydrogen-bond acceptors (Lipinski definition) is 2. The maximum atomic E-state index is 13.6. The van der Waals surface area contributed by atoms with E-state index >= 15 is 0 Å². The van der Waals surface area contributed by atoms with E-state index in [4.69, 9.17) is 0 Å². The molecule has 0 aromatic heterocycles. The molecule has 0 fully saturated rings. The van der Waals surface area contributed by atoms with Crippen LogP contribution in [0.15, 0.2) is 71.6 Å². The van der Waals surface area contributed by atoms with Crippen LogP contribution in [0.25, 0.3) is 11.1 Å². The Kier molecular flexibility index (Phi) is 4.59. The van der Waals surface area contributed by atoms with E-state index in [-0.39, 0.29) is 10.7 Å². The molecule has 0 bridgehead atoms. The van der Waals surface area contributed by atoms with Gasteiger partial charge in [0.2, 0.25) is 0 Å². The maximum absolute atomic E-state index is 13.6. The highest BCUT2D eigenvalue weighted by Gasteiger charge is 2.17. The van der Waals surface area contributed by atoms with E-state index in [9.17, 15) is 12.8 Å². The van der Waals surface area contributed by atoms with Crippen molar-refractivity contribution in [1.82, 2.24) is 0 Å². The molecule has 1 N–H and O–H groups in total. The van der Waals surface area contributed by atoms with Crippen molar-refractivity contribution in [3.63, 3.8) is 0 Å². The number of anilines is 1. The van der Waals surface area contributed by atoms with E-state index < -0.39 is 10.0 Å². The number of sulfonamides is 1. The first kappa shape index (κ1) is 17.2. The van der Waals surface area contributed by atoms with Gasteiger partial charge in [0.05, 0.1) is 10.6 Å². The number of hydrogen-bond donors (Lipinski definition) is 1. The average Bonchev–Trinajstić information content (AvgIpc) is 2.57. The Labute approximate surface area is 147 Å². The van der Waals surface area contributed by atoms with Gasteiger partial charge in [-0.15, -0.1) is 0 Å². The Morgan fingerprint density at radius 3 is 2.20 bits per heavy atom. The van der Waals surface area contributed by atoms with Crippen LogP contribution >= 0.6 is 0 Å². The number of rotatable bonds is 4. The molecule has 3 aromatic rings. The van der Waals surface area contributed by atoms with Crippen molar-refractivity contribution in [3.05, 3.63) is 83.7 Å². The zero-order chi connectivity index (χ0) is 18.0. The van der Waals surface area contributed by atoms with Crippen LogP contribution in [0.5, 0.6) is 0 Å². The SMILES string of the molecule is Cc1ccc(S(=O)(=O)Nc2ccc(C)cc2-c2cccc(F)c2)cc1. The third-order valence-electron chi connectivity index (χ3n) is 3.89. The summed E-state index contributed by atoms with van der Waals surface area (Å²) in [6.45, 7) is 3.80. The van der Waals surface area contributed by atoms with E-state index in [0.29, 0.717) is 16.8 Å². The molecular weight excluding hydrogens is 337 g/mol. The molecule has 0 heterocycles. The first-order valence-electron chi connectivity index (χ1n) is 7.81. The minimum absolute atomic E-state index is 0.184. The Hall–Kier alpha value is -2.66. The highest BCUT2D eigenvalue weighted by Crippen LogP contribution is 2.31. The lowest BCUT2D eigenvalue weighted by Crippen LogP contribution is -2.13. The van der Waals surface area contributed by atoms with Crippen LogP contribution < -0.4 is 4.72 Å². The largest absolute Gasteiger partial charge is 0.279 e. The minimum atomic E-state index is -3.73. The molecule has 0 saturated heterocycles. The van der Waals surface area contributed by atoms with Crippen LogP contribution in [0.1, 0.15) is 11.1 Å². The van der Waals surface area contributed by atoms with E-state index in [0.717, 1.165) is 11.1 Å². The fraction of sp³-hybridized carbons (Fsp3) is 0.100. The van der Waals surface area contributed by atoms with Crippen molar-refractivity contribution >= 4 is 15.7 Å². The summed E-state index contributed by atoms with van der Waals surface area (Å²) < 4.78 is 41.5. The van der Waals surface area contributed by atoms with Gasteiger partial charge in [-0.1, -0.05) is 41.5 Å². The van der Waals surface area contributed by atoms with Crippen LogP contribution in [0.3, 0.4) is 0 Å². The summed E-state index contributed by atoms with van der Waals surface area (Å²) in [7, 11) is -3.73. The standard InChI is InChI=1S/C20H18FNO2S/c1-14-6-9-18(10-7-14)25(23,24)22-20-11-8-15(2)12-19(20)16-4-3-5-17(21)13-16/h3-13,22H,1-2H3. The van der Waals surface area contributed by atoms with E-state index in [2.05, 4.69) is 4.72 Å². The topological polar surface area (TPSA) is 46.2 Å². The van der Waals surface area contributed by atoms with Gasteiger partial charge in [0.1, 0.15) is 5.82 Å². The van der Waals surface area contributed by atoms with Gasteiger partial charge in [0.15, 0.2) is 0 Å². The Morgan fingerprint density at radius 1 is 0.840 bits per heavy atom. The fourth-order valence-corrected chi connectivity index (χ4v) is 3.64. The van der Waals surface area contributed by atoms with E-state index in [1.165, 1.54) is 12.1 Å². The first-order valence-corrected chi connectivity index (χ1v) is 9.29. The Morgan fingerprint density at radius 2 is 1.52 bits per heavy atom. The summed E-state index contributed by atoms with van der Waals surface area (Å²) in [4.78, 5) is 0.184. The van der Waals surface area contributed by atoms with Gasteiger partial charge in [-0.3, -0.25) is 4.72 Å². The van der Waals surface area contributed by atoms with Gasteiger partial charge in [0, 0.05) is 5.56 Å². The molecule has 0 spiro atoms. The van der Waals surface area contributed by atoms with Gasteiger partial charge in [-0.05, 0) is 55.8 Å². The quantitative estimate of drug-likeness (QED) is 0.723. The van der Waals surface area contributed by atoms with E-state index in [1.54, 1.807) is 42.5 Å². The number of nitrogens with one attached hydrogen (secondary N) is 1. The summed E-state index contributed by atoms with van der Waals surface area (Å²) >= 11 is 0. The third kappa shape index (κ3) is 3.88. The molecule has 3 aromatic carbocycles. The van der Waals surface area contributed by atoms with Crippen molar-refractivity contribution in [1.29, 1.82) is 0 Å². The highest BCUT2D eigenvalue weighted by molar-refractivity contribution is 7.92. The van der Waals surface area contributed by atoms with Crippen molar-refractivity contribution in [2.75, 3.05) is 4.72 Å². The molecule has 0 saturated carbocycles. The molecule has 3 nitrogen and oxygen atoms in total. The molecule has 0 aliphatic carbocycles. The molecule has 3 rings (SSSR count). The molecule has 0 aliphatic rings. The Bertz CT molecular complexity index is 1010. The lowest BCUT2D eigenvalue weighted by molar-refractivity contribution is 0.601. The van der Waals surface area contributed by atoms with Crippen molar-refractivity contribution < 1.29 is 12.8 Å². The van der Waals surface area contributed by atoms with Crippen LogP contribution in [0, 0.1) is 19.7 Å². The zero-order valence-electron chi connectivity index (χ0n) is 14.0. The average molecular weight is 355 g/mol. The monoisotopic (exact) mass is 355 g/mol. The highest BCUT2D eigenvalue weighted by atomic mass is 32.2. The van der Waals surface area contributed by atoms with Crippen molar-refractivity contribution in [3.8, 4) is 11.1 Å². The summed E-state index contributed by atoms with van der Waals surface area (Å²) in [5, 5.41) is 0. The maximum Gasteiger partial charge on any atom is 0.261 e. The smallest absolute Gasteiger partial charge is 0.261 e. The summed E-state index contributed by atoms with van der Waals surface area (Å²) in [5.74, 6) is -0.369. The van der Waals surface area contributed by atoms with Crippen LogP contribution in [-0.2, 0) is 10.0 Å². The van der Waals surface area contributed by atoms with Gasteiger partial charge in [-0.25, -0.2) is 12.8 Å². The second-order valence-corrected chi connectivity index (χ2v) is 7.66. The normalized spacial score (nSPS) is 11.3. The van der Waals surface area contributed by atoms with Gasteiger partial charge >= 0.3 is 0 Å². The number of benzene rings is 3. The molecule has 0 radical (unpaired) electrons. The third-order valence-corrected chi connectivity index (χ3v) is 5.27. The van der Waals surface area contributed by atoms with E-state index in [1.807, 2.05) is 26.0 Å². The zero-order valence-corrected chi connectivity index (χ0v) is 14.8. The molecule has 0 aliphatic heterocycles. The predicted molar refractivity (Wildman–Crippen MR) is 98.6 cm³/mol. The number of halogens is 1. The lowest BCUT2D eigenvalue weighted by atomic mass is 10.0. The van der Waals surface area contributed by atoms with Crippen molar-refractivity contribution in [2.24, 2.45) is 0 Å². The van der Waals surface area contributed by atoms with Gasteiger partial charge in [-0.2, -0.15) is 0 Å². The Balaban J connectivity index is 2.04. The molecule has 128 valence electrons. The molecule has 5 heteroatoms.